The van der Waals surface area contributed by atoms with E-state index in [0.29, 0.717) is 23.8 Å². The number of hydrogen-bond acceptors (Lipinski definition) is 5. The number of aromatic nitrogens is 1. The average molecular weight is 319 g/mol. The molecule has 1 aromatic heterocycles. The Balaban J connectivity index is 2.20. The predicted molar refractivity (Wildman–Crippen MR) is 75.6 cm³/mol. The molecule has 8 heteroatoms. The van der Waals surface area contributed by atoms with Gasteiger partial charge in [-0.05, 0) is 13.0 Å². The second-order valence-electron chi connectivity index (χ2n) is 4.74. The molecule has 0 aliphatic carbocycles. The third-order valence-corrected chi connectivity index (χ3v) is 4.42. The molecule has 1 fully saturated rings. The van der Waals surface area contributed by atoms with Crippen molar-refractivity contribution in [2.24, 2.45) is 5.92 Å². The standard InChI is InChI=1S/C12H15ClN2O4S/c1-8-10(3-4-11(14-8)19-2)15-6-9(5-12(15)16)7-20(13,17)18/h3-4,9H,5-7H2,1-2H3. The quantitative estimate of drug-likeness (QED) is 0.783. The maximum atomic E-state index is 12.0. The number of pyridine rings is 1. The van der Waals surface area contributed by atoms with E-state index in [4.69, 9.17) is 15.4 Å². The Kier molecular flexibility index (Phi) is 4.19. The lowest BCUT2D eigenvalue weighted by molar-refractivity contribution is -0.117. The SMILES string of the molecule is COc1ccc(N2CC(CS(=O)(=O)Cl)CC2=O)c(C)n1. The van der Waals surface area contributed by atoms with Gasteiger partial charge in [-0.25, -0.2) is 13.4 Å². The molecular weight excluding hydrogens is 304 g/mol. The first-order chi connectivity index (χ1) is 9.30. The van der Waals surface area contributed by atoms with Crippen LogP contribution in [0.5, 0.6) is 5.88 Å². The lowest BCUT2D eigenvalue weighted by atomic mass is 10.1. The molecule has 0 radical (unpaired) electrons. The maximum Gasteiger partial charge on any atom is 0.232 e. The lowest BCUT2D eigenvalue weighted by Gasteiger charge is -2.18. The van der Waals surface area contributed by atoms with Crippen LogP contribution in [0.3, 0.4) is 0 Å². The van der Waals surface area contributed by atoms with E-state index in [0.717, 1.165) is 0 Å². The molecule has 0 N–H and O–H groups in total. The average Bonchev–Trinajstić information content (AvgIpc) is 2.67. The number of ether oxygens (including phenoxy) is 1. The highest BCUT2D eigenvalue weighted by molar-refractivity contribution is 8.13. The van der Waals surface area contributed by atoms with Crippen LogP contribution in [0.15, 0.2) is 12.1 Å². The van der Waals surface area contributed by atoms with Crippen molar-refractivity contribution in [1.82, 2.24) is 4.98 Å². The normalized spacial score (nSPS) is 19.4. The molecule has 0 spiro atoms. The van der Waals surface area contributed by atoms with Crippen LogP contribution < -0.4 is 9.64 Å². The molecule has 1 aliphatic rings. The Morgan fingerprint density at radius 3 is 2.75 bits per heavy atom. The fourth-order valence-corrected chi connectivity index (χ4v) is 3.66. The molecule has 20 heavy (non-hydrogen) atoms. The Morgan fingerprint density at radius 2 is 2.20 bits per heavy atom. The van der Waals surface area contributed by atoms with Gasteiger partial charge in [0.25, 0.3) is 0 Å². The van der Waals surface area contributed by atoms with Crippen LogP contribution in [0.2, 0.25) is 0 Å². The van der Waals surface area contributed by atoms with Gasteiger partial charge < -0.3 is 9.64 Å². The molecule has 2 rings (SSSR count). The number of nitrogens with zero attached hydrogens (tertiary/aromatic N) is 2. The number of aryl methyl sites for hydroxylation is 1. The smallest absolute Gasteiger partial charge is 0.232 e. The Labute approximate surface area is 122 Å². The molecule has 0 aromatic carbocycles. The predicted octanol–water partition coefficient (Wildman–Crippen LogP) is 1.32. The fraction of sp³-hybridized carbons (Fsp3) is 0.500. The first-order valence-electron chi connectivity index (χ1n) is 6.04. The van der Waals surface area contributed by atoms with Crippen LogP contribution in [-0.4, -0.2) is 38.7 Å². The maximum absolute atomic E-state index is 12.0. The van der Waals surface area contributed by atoms with Crippen LogP contribution >= 0.6 is 10.7 Å². The molecule has 1 aromatic rings. The van der Waals surface area contributed by atoms with Crippen LogP contribution in [0.4, 0.5) is 5.69 Å². The number of carbonyl (C=O) groups is 1. The van der Waals surface area contributed by atoms with Gasteiger partial charge in [0.05, 0.1) is 24.2 Å². The van der Waals surface area contributed by atoms with E-state index in [1.54, 1.807) is 24.0 Å². The summed E-state index contributed by atoms with van der Waals surface area (Å²) in [6.07, 6.45) is 0.178. The molecule has 0 bridgehead atoms. The third kappa shape index (κ3) is 3.40. The first kappa shape index (κ1) is 15.1. The first-order valence-corrected chi connectivity index (χ1v) is 8.52. The summed E-state index contributed by atoms with van der Waals surface area (Å²) in [7, 11) is 3.16. The van der Waals surface area contributed by atoms with E-state index >= 15 is 0 Å². The summed E-state index contributed by atoms with van der Waals surface area (Å²) in [5.41, 5.74) is 1.33. The van der Waals surface area contributed by atoms with E-state index < -0.39 is 9.05 Å². The number of amides is 1. The number of carbonyl (C=O) groups excluding carboxylic acids is 1. The minimum atomic E-state index is -3.60. The van der Waals surface area contributed by atoms with Gasteiger partial charge in [0.15, 0.2) is 0 Å². The van der Waals surface area contributed by atoms with Gasteiger partial charge in [-0.2, -0.15) is 0 Å². The van der Waals surface area contributed by atoms with Gasteiger partial charge >= 0.3 is 0 Å². The summed E-state index contributed by atoms with van der Waals surface area (Å²) in [6.45, 7) is 2.11. The van der Waals surface area contributed by atoms with Gasteiger partial charge in [-0.1, -0.05) is 0 Å². The summed E-state index contributed by atoms with van der Waals surface area (Å²) in [6, 6.07) is 3.41. The molecule has 1 amide bonds. The molecular formula is C12H15ClN2O4S. The fourth-order valence-electron chi connectivity index (χ4n) is 2.34. The number of rotatable bonds is 4. The third-order valence-electron chi connectivity index (χ3n) is 3.17. The highest BCUT2D eigenvalue weighted by Gasteiger charge is 2.34. The molecule has 0 saturated carbocycles. The molecule has 1 aliphatic heterocycles. The van der Waals surface area contributed by atoms with Gasteiger partial charge in [-0.3, -0.25) is 4.79 Å². The summed E-state index contributed by atoms with van der Waals surface area (Å²) < 4.78 is 27.2. The molecule has 6 nitrogen and oxygen atoms in total. The summed E-state index contributed by atoms with van der Waals surface area (Å²) in [5, 5.41) is 0. The molecule has 2 heterocycles. The topological polar surface area (TPSA) is 76.6 Å². The van der Waals surface area contributed by atoms with Crippen LogP contribution in [-0.2, 0) is 13.8 Å². The van der Waals surface area contributed by atoms with Crippen LogP contribution in [0.25, 0.3) is 0 Å². The van der Waals surface area contributed by atoms with Gasteiger partial charge in [0.2, 0.25) is 20.8 Å². The van der Waals surface area contributed by atoms with E-state index in [1.165, 1.54) is 7.11 Å². The van der Waals surface area contributed by atoms with Crippen molar-refractivity contribution < 1.29 is 17.9 Å². The van der Waals surface area contributed by atoms with Crippen molar-refractivity contribution in [2.75, 3.05) is 24.3 Å². The zero-order valence-corrected chi connectivity index (χ0v) is 12.7. The van der Waals surface area contributed by atoms with E-state index in [-0.39, 0.29) is 24.0 Å². The Bertz CT molecular complexity index is 632. The molecule has 110 valence electrons. The highest BCUT2D eigenvalue weighted by Crippen LogP contribution is 2.29. The number of hydrogen-bond donors (Lipinski definition) is 0. The van der Waals surface area contributed by atoms with Crippen molar-refractivity contribution >= 4 is 31.3 Å². The largest absolute Gasteiger partial charge is 0.481 e. The van der Waals surface area contributed by atoms with Crippen molar-refractivity contribution in [3.05, 3.63) is 17.8 Å². The van der Waals surface area contributed by atoms with E-state index in [2.05, 4.69) is 4.98 Å². The van der Waals surface area contributed by atoms with Gasteiger partial charge in [0.1, 0.15) is 0 Å². The number of anilines is 1. The summed E-state index contributed by atoms with van der Waals surface area (Å²) in [4.78, 5) is 17.8. The van der Waals surface area contributed by atoms with E-state index in [9.17, 15) is 13.2 Å². The van der Waals surface area contributed by atoms with Gasteiger partial charge in [0, 0.05) is 35.6 Å². The number of methoxy groups -OCH3 is 1. The highest BCUT2D eigenvalue weighted by atomic mass is 35.7. The summed E-state index contributed by atoms with van der Waals surface area (Å²) >= 11 is 0. The molecule has 1 saturated heterocycles. The Morgan fingerprint density at radius 1 is 1.50 bits per heavy atom. The lowest BCUT2D eigenvalue weighted by Crippen LogP contribution is -2.26. The molecule has 1 atom stereocenters. The zero-order chi connectivity index (χ0) is 14.9. The zero-order valence-electron chi connectivity index (χ0n) is 11.2. The van der Waals surface area contributed by atoms with Crippen LogP contribution in [0, 0.1) is 12.8 Å². The van der Waals surface area contributed by atoms with E-state index in [1.807, 2.05) is 0 Å². The van der Waals surface area contributed by atoms with Crippen molar-refractivity contribution in [3.8, 4) is 5.88 Å². The van der Waals surface area contributed by atoms with Crippen molar-refractivity contribution in [1.29, 1.82) is 0 Å². The second kappa shape index (κ2) is 5.57. The minimum absolute atomic E-state index is 0.120. The van der Waals surface area contributed by atoms with Gasteiger partial charge in [-0.15, -0.1) is 0 Å². The second-order valence-corrected chi connectivity index (χ2v) is 7.56. The molecule has 1 unspecified atom stereocenters. The monoisotopic (exact) mass is 318 g/mol. The summed E-state index contributed by atoms with van der Waals surface area (Å²) in [5.74, 6) is -0.131. The minimum Gasteiger partial charge on any atom is -0.481 e. The van der Waals surface area contributed by atoms with Crippen LogP contribution in [0.1, 0.15) is 12.1 Å². The van der Waals surface area contributed by atoms with Crippen molar-refractivity contribution in [2.45, 2.75) is 13.3 Å². The Hall–Kier alpha value is -1.34. The van der Waals surface area contributed by atoms with Crippen molar-refractivity contribution in [3.63, 3.8) is 0 Å². The number of halogens is 1.